The Morgan fingerprint density at radius 2 is 2.00 bits per heavy atom. The lowest BCUT2D eigenvalue weighted by molar-refractivity contribution is -0.146. The number of aliphatic imine (C=N–C) groups is 1. The van der Waals surface area contributed by atoms with Crippen molar-refractivity contribution in [2.24, 2.45) is 4.99 Å². The predicted octanol–water partition coefficient (Wildman–Crippen LogP) is 5.67. The van der Waals surface area contributed by atoms with E-state index in [-0.39, 0.29) is 18.6 Å². The number of ether oxygens (including phenoxy) is 2. The molecule has 0 fully saturated rings. The summed E-state index contributed by atoms with van der Waals surface area (Å²) < 4.78 is 18.1. The fourth-order valence-electron chi connectivity index (χ4n) is 5.07. The largest absolute Gasteiger partial charge is 0.462 e. The molecule has 3 aromatic rings. The predicted molar refractivity (Wildman–Crippen MR) is 125 cm³/mol. The molecule has 2 aromatic carbocycles. The van der Waals surface area contributed by atoms with Crippen molar-refractivity contribution in [3.63, 3.8) is 0 Å². The molecule has 2 aliphatic heterocycles. The summed E-state index contributed by atoms with van der Waals surface area (Å²) in [6.45, 7) is 10.0. The number of furan rings is 1. The summed E-state index contributed by atoms with van der Waals surface area (Å²) in [5.41, 5.74) is 2.25. The van der Waals surface area contributed by atoms with Gasteiger partial charge >= 0.3 is 5.97 Å². The van der Waals surface area contributed by atoms with Crippen molar-refractivity contribution >= 4 is 34.5 Å². The maximum atomic E-state index is 12.8. The minimum absolute atomic E-state index is 0.0687. The summed E-state index contributed by atoms with van der Waals surface area (Å²) >= 11 is 0. The van der Waals surface area contributed by atoms with Gasteiger partial charge in [-0.25, -0.2) is 0 Å². The molecule has 166 valence electrons. The van der Waals surface area contributed by atoms with Crippen molar-refractivity contribution in [1.29, 1.82) is 0 Å². The number of anilines is 1. The van der Waals surface area contributed by atoms with E-state index >= 15 is 0 Å². The number of carbonyl (C=O) groups is 1. The van der Waals surface area contributed by atoms with Crippen molar-refractivity contribution < 1.29 is 18.7 Å². The maximum absolute atomic E-state index is 12.8. The number of nitrogens with zero attached hydrogens (tertiary/aromatic N) is 2. The third-order valence-corrected chi connectivity index (χ3v) is 6.74. The minimum Gasteiger partial charge on any atom is -0.462 e. The van der Waals surface area contributed by atoms with Gasteiger partial charge in [0.1, 0.15) is 29.3 Å². The number of para-hydroxylation sites is 1. The monoisotopic (exact) mass is 432 g/mol. The lowest BCUT2D eigenvalue weighted by Crippen LogP contribution is -2.64. The Morgan fingerprint density at radius 3 is 2.75 bits per heavy atom. The van der Waals surface area contributed by atoms with E-state index in [4.69, 9.17) is 18.9 Å². The molecule has 32 heavy (non-hydrogen) atoms. The first-order valence-corrected chi connectivity index (χ1v) is 11.1. The highest BCUT2D eigenvalue weighted by molar-refractivity contribution is 5.99. The Labute approximate surface area is 187 Å². The molecule has 3 heterocycles. The number of fused-ring (bicyclic) bond motifs is 4. The first-order valence-electron chi connectivity index (χ1n) is 11.1. The van der Waals surface area contributed by atoms with Gasteiger partial charge in [0.25, 0.3) is 0 Å². The molecule has 1 aromatic heterocycles. The van der Waals surface area contributed by atoms with Crippen molar-refractivity contribution in [3.05, 3.63) is 53.8 Å². The fourth-order valence-corrected chi connectivity index (χ4v) is 5.07. The number of aryl methyl sites for hydroxylation is 1. The highest BCUT2D eigenvalue weighted by atomic mass is 16.5. The Kier molecular flexibility index (Phi) is 4.59. The van der Waals surface area contributed by atoms with E-state index in [0.717, 1.165) is 40.1 Å². The maximum Gasteiger partial charge on any atom is 0.325 e. The summed E-state index contributed by atoms with van der Waals surface area (Å²) in [4.78, 5) is 19.7. The average Bonchev–Trinajstić information content (AvgIpc) is 3.23. The number of rotatable bonds is 4. The molecule has 2 aliphatic rings. The van der Waals surface area contributed by atoms with Crippen molar-refractivity contribution in [3.8, 4) is 5.75 Å². The van der Waals surface area contributed by atoms with Crippen molar-refractivity contribution in [1.82, 2.24) is 0 Å². The van der Waals surface area contributed by atoms with Gasteiger partial charge in [-0.05, 0) is 63.9 Å². The Bertz CT molecular complexity index is 1240. The van der Waals surface area contributed by atoms with Gasteiger partial charge in [-0.2, -0.15) is 0 Å². The zero-order valence-electron chi connectivity index (χ0n) is 19.1. The number of hydrogen-bond acceptors (Lipinski definition) is 6. The molecule has 2 atom stereocenters. The third kappa shape index (κ3) is 2.78. The summed E-state index contributed by atoms with van der Waals surface area (Å²) in [6.07, 6.45) is 2.48. The van der Waals surface area contributed by atoms with E-state index in [1.165, 1.54) is 0 Å². The molecule has 0 aliphatic carbocycles. The summed E-state index contributed by atoms with van der Waals surface area (Å²) in [5, 5.41) is 0.922. The molecule has 1 spiro atoms. The molecule has 2 unspecified atom stereocenters. The number of benzene rings is 2. The molecule has 6 nitrogen and oxygen atoms in total. The normalized spacial score (nSPS) is 23.5. The molecule has 6 heteroatoms. The van der Waals surface area contributed by atoms with Gasteiger partial charge in [0, 0.05) is 11.1 Å². The average molecular weight is 433 g/mol. The van der Waals surface area contributed by atoms with Crippen LogP contribution in [0.15, 0.2) is 51.9 Å². The third-order valence-electron chi connectivity index (χ3n) is 6.74. The second kappa shape index (κ2) is 7.12. The summed E-state index contributed by atoms with van der Waals surface area (Å²) in [6, 6.07) is 14.0. The molecule has 0 N–H and O–H groups in total. The van der Waals surface area contributed by atoms with E-state index < -0.39 is 11.1 Å². The number of hydrogen-bond donors (Lipinski definition) is 0. The Hall–Kier alpha value is -3.28. The van der Waals surface area contributed by atoms with Gasteiger partial charge in [0.05, 0.1) is 17.7 Å². The van der Waals surface area contributed by atoms with E-state index in [0.29, 0.717) is 5.75 Å². The zero-order chi connectivity index (χ0) is 22.7. The minimum atomic E-state index is -0.957. The van der Waals surface area contributed by atoms with Crippen LogP contribution < -0.4 is 9.64 Å². The molecule has 0 saturated heterocycles. The molecule has 0 saturated carbocycles. The lowest BCUT2D eigenvalue weighted by atomic mass is 9.73. The summed E-state index contributed by atoms with van der Waals surface area (Å²) in [5.74, 6) is 1.21. The van der Waals surface area contributed by atoms with Gasteiger partial charge in [-0.3, -0.25) is 9.79 Å². The van der Waals surface area contributed by atoms with Crippen LogP contribution in [0.2, 0.25) is 0 Å². The second-order valence-electron chi connectivity index (χ2n) is 9.07. The summed E-state index contributed by atoms with van der Waals surface area (Å²) in [7, 11) is 0. The van der Waals surface area contributed by atoms with Gasteiger partial charge in [-0.15, -0.1) is 0 Å². The van der Waals surface area contributed by atoms with Crippen LogP contribution in [0.1, 0.15) is 45.4 Å². The van der Waals surface area contributed by atoms with E-state index in [2.05, 4.69) is 19.9 Å². The highest BCUT2D eigenvalue weighted by Crippen LogP contribution is 2.56. The van der Waals surface area contributed by atoms with Crippen molar-refractivity contribution in [2.75, 3.05) is 11.4 Å². The van der Waals surface area contributed by atoms with Crippen LogP contribution >= 0.6 is 0 Å². The molecule has 0 bridgehead atoms. The molecule has 5 rings (SSSR count). The molecular formula is C26H28N2O4. The SMILES string of the molecule is CCC1(C)c2ccccc2N(CC(=O)OC(C)C)C12C=Nc1c(ccc3oc(C)cc13)O2. The zero-order valence-corrected chi connectivity index (χ0v) is 19.1. The van der Waals surface area contributed by atoms with Crippen LogP contribution in [0.3, 0.4) is 0 Å². The van der Waals surface area contributed by atoms with Gasteiger partial charge in [-0.1, -0.05) is 25.1 Å². The van der Waals surface area contributed by atoms with Crippen LogP contribution in [0, 0.1) is 6.92 Å². The Balaban J connectivity index is 1.67. The van der Waals surface area contributed by atoms with E-state index in [9.17, 15) is 4.79 Å². The number of esters is 1. The van der Waals surface area contributed by atoms with Crippen LogP contribution in [-0.4, -0.2) is 30.6 Å². The first kappa shape index (κ1) is 20.6. The molecule has 0 radical (unpaired) electrons. The Morgan fingerprint density at radius 1 is 1.22 bits per heavy atom. The molecular weight excluding hydrogens is 404 g/mol. The topological polar surface area (TPSA) is 64.3 Å². The second-order valence-corrected chi connectivity index (χ2v) is 9.07. The fraction of sp³-hybridized carbons (Fsp3) is 0.385. The standard InChI is InChI=1S/C26H28N2O4/c1-6-25(5)19-9-7-8-10-20(19)28(14-23(29)30-16(2)3)26(25)15-27-24-18-13-17(4)31-21(18)11-12-22(24)32-26/h7-13,15-16H,6,14H2,1-5H3. The van der Waals surface area contributed by atoms with Crippen LogP contribution in [0.25, 0.3) is 11.0 Å². The number of carbonyl (C=O) groups excluding carboxylic acids is 1. The quantitative estimate of drug-likeness (QED) is 0.497. The lowest BCUT2D eigenvalue weighted by Gasteiger charge is -2.47. The van der Waals surface area contributed by atoms with E-state index in [1.807, 2.05) is 68.3 Å². The van der Waals surface area contributed by atoms with Gasteiger partial charge in [0.2, 0.25) is 5.72 Å². The highest BCUT2D eigenvalue weighted by Gasteiger charge is 2.61. The van der Waals surface area contributed by atoms with Crippen LogP contribution in [0.5, 0.6) is 5.75 Å². The van der Waals surface area contributed by atoms with Crippen LogP contribution in [-0.2, 0) is 14.9 Å². The smallest absolute Gasteiger partial charge is 0.325 e. The first-order chi connectivity index (χ1) is 15.3. The molecule has 0 amide bonds. The van der Waals surface area contributed by atoms with E-state index in [1.54, 1.807) is 0 Å². The van der Waals surface area contributed by atoms with Gasteiger partial charge < -0.3 is 18.8 Å². The van der Waals surface area contributed by atoms with Crippen LogP contribution in [0.4, 0.5) is 11.4 Å². The van der Waals surface area contributed by atoms with Gasteiger partial charge in [0.15, 0.2) is 0 Å². The van der Waals surface area contributed by atoms with Crippen molar-refractivity contribution in [2.45, 2.75) is 58.3 Å².